The molecule has 1 aliphatic rings. The van der Waals surface area contributed by atoms with Crippen molar-refractivity contribution < 1.29 is 9.13 Å². The van der Waals surface area contributed by atoms with Crippen LogP contribution in [0, 0.1) is 5.82 Å². The first kappa shape index (κ1) is 13.3. The van der Waals surface area contributed by atoms with E-state index >= 15 is 0 Å². The maximum absolute atomic E-state index is 13.0. The Kier molecular flexibility index (Phi) is 4.55. The van der Waals surface area contributed by atoms with Crippen molar-refractivity contribution in [1.82, 2.24) is 4.90 Å². The number of ether oxygens (including phenoxy) is 1. The first-order valence-corrected chi connectivity index (χ1v) is 6.57. The summed E-state index contributed by atoms with van der Waals surface area (Å²) in [6.45, 7) is 5.67. The van der Waals surface area contributed by atoms with Crippen LogP contribution in [0.2, 0.25) is 0 Å². The van der Waals surface area contributed by atoms with Crippen LogP contribution in [-0.4, -0.2) is 30.7 Å². The summed E-state index contributed by atoms with van der Waals surface area (Å²) in [7, 11) is 0. The number of halogens is 1. The molecule has 2 rings (SSSR count). The Morgan fingerprint density at radius 1 is 1.50 bits per heavy atom. The lowest BCUT2D eigenvalue weighted by molar-refractivity contribution is 0.0510. The summed E-state index contributed by atoms with van der Waals surface area (Å²) in [6, 6.07) is 4.63. The Balaban J connectivity index is 2.02. The molecule has 1 aliphatic heterocycles. The minimum absolute atomic E-state index is 0.276. The number of hydrogen-bond donors (Lipinski definition) is 1. The lowest BCUT2D eigenvalue weighted by Gasteiger charge is -2.23. The molecular formula is C14H21FN2O. The smallest absolute Gasteiger partial charge is 0.125 e. The average Bonchev–Trinajstić information content (AvgIpc) is 2.58. The van der Waals surface area contributed by atoms with Crippen LogP contribution in [0.3, 0.4) is 0 Å². The van der Waals surface area contributed by atoms with Crippen LogP contribution in [-0.2, 0) is 11.3 Å². The van der Waals surface area contributed by atoms with Crippen molar-refractivity contribution in [1.29, 1.82) is 0 Å². The normalized spacial score (nSPS) is 21.8. The zero-order chi connectivity index (χ0) is 13.0. The van der Waals surface area contributed by atoms with E-state index in [1.54, 1.807) is 6.07 Å². The van der Waals surface area contributed by atoms with Crippen LogP contribution in [0.15, 0.2) is 18.2 Å². The van der Waals surface area contributed by atoms with E-state index in [1.165, 1.54) is 12.1 Å². The van der Waals surface area contributed by atoms with Crippen LogP contribution in [0.25, 0.3) is 0 Å². The molecule has 100 valence electrons. The standard InChI is InChI=1S/C14H21FN2O/c1-2-13-10-17(6-3-7-18-13)9-11-4-5-12(15)8-14(11)16/h4-5,8,13H,2-3,6-7,9-10,16H2,1H3. The highest BCUT2D eigenvalue weighted by Crippen LogP contribution is 2.18. The molecule has 3 nitrogen and oxygen atoms in total. The number of rotatable bonds is 3. The van der Waals surface area contributed by atoms with Gasteiger partial charge in [-0.05, 0) is 30.5 Å². The topological polar surface area (TPSA) is 38.5 Å². The molecular weight excluding hydrogens is 231 g/mol. The molecule has 18 heavy (non-hydrogen) atoms. The third kappa shape index (κ3) is 3.43. The van der Waals surface area contributed by atoms with Crippen molar-refractivity contribution in [2.24, 2.45) is 0 Å². The van der Waals surface area contributed by atoms with Crippen LogP contribution in [0.1, 0.15) is 25.3 Å². The van der Waals surface area contributed by atoms with E-state index in [0.29, 0.717) is 11.8 Å². The van der Waals surface area contributed by atoms with E-state index in [1.807, 2.05) is 0 Å². The lowest BCUT2D eigenvalue weighted by atomic mass is 10.1. The van der Waals surface area contributed by atoms with Crippen molar-refractivity contribution in [2.75, 3.05) is 25.4 Å². The molecule has 4 heteroatoms. The molecule has 2 N–H and O–H groups in total. The quantitative estimate of drug-likeness (QED) is 0.840. The van der Waals surface area contributed by atoms with Gasteiger partial charge in [0.1, 0.15) is 5.82 Å². The highest BCUT2D eigenvalue weighted by atomic mass is 19.1. The number of anilines is 1. The Morgan fingerprint density at radius 3 is 3.06 bits per heavy atom. The number of hydrogen-bond acceptors (Lipinski definition) is 3. The minimum Gasteiger partial charge on any atom is -0.398 e. The molecule has 1 unspecified atom stereocenters. The van der Waals surface area contributed by atoms with Crippen molar-refractivity contribution in [3.63, 3.8) is 0 Å². The van der Waals surface area contributed by atoms with Gasteiger partial charge in [-0.25, -0.2) is 4.39 Å². The third-order valence-corrected chi connectivity index (χ3v) is 3.39. The van der Waals surface area contributed by atoms with Gasteiger partial charge in [0.15, 0.2) is 0 Å². The van der Waals surface area contributed by atoms with Gasteiger partial charge in [-0.3, -0.25) is 4.90 Å². The average molecular weight is 252 g/mol. The van der Waals surface area contributed by atoms with Crippen molar-refractivity contribution in [3.05, 3.63) is 29.6 Å². The minimum atomic E-state index is -0.276. The Bertz CT molecular complexity index is 397. The molecule has 0 saturated carbocycles. The van der Waals surface area contributed by atoms with E-state index < -0.39 is 0 Å². The van der Waals surface area contributed by atoms with Crippen molar-refractivity contribution >= 4 is 5.69 Å². The number of nitrogens with zero attached hydrogens (tertiary/aromatic N) is 1. The maximum atomic E-state index is 13.0. The molecule has 0 bridgehead atoms. The van der Waals surface area contributed by atoms with Crippen LogP contribution >= 0.6 is 0 Å². The fourth-order valence-electron chi connectivity index (χ4n) is 2.31. The summed E-state index contributed by atoms with van der Waals surface area (Å²) in [4.78, 5) is 2.34. The van der Waals surface area contributed by atoms with Crippen LogP contribution < -0.4 is 5.73 Å². The number of nitrogens with two attached hydrogens (primary N) is 1. The fourth-order valence-corrected chi connectivity index (χ4v) is 2.31. The van der Waals surface area contributed by atoms with Crippen LogP contribution in [0.5, 0.6) is 0 Å². The van der Waals surface area contributed by atoms with E-state index in [9.17, 15) is 4.39 Å². The molecule has 0 spiro atoms. The highest BCUT2D eigenvalue weighted by Gasteiger charge is 2.17. The van der Waals surface area contributed by atoms with Gasteiger partial charge in [0, 0.05) is 31.9 Å². The van der Waals surface area contributed by atoms with Crippen molar-refractivity contribution in [2.45, 2.75) is 32.4 Å². The molecule has 1 saturated heterocycles. The summed E-state index contributed by atoms with van der Waals surface area (Å²) >= 11 is 0. The Hall–Kier alpha value is -1.13. The second-order valence-electron chi connectivity index (χ2n) is 4.83. The fraction of sp³-hybridized carbons (Fsp3) is 0.571. The summed E-state index contributed by atoms with van der Waals surface area (Å²) in [5, 5.41) is 0. The van der Waals surface area contributed by atoms with Gasteiger partial charge in [-0.1, -0.05) is 13.0 Å². The lowest BCUT2D eigenvalue weighted by Crippen LogP contribution is -2.31. The third-order valence-electron chi connectivity index (χ3n) is 3.39. The Labute approximate surface area is 108 Å². The van der Waals surface area contributed by atoms with Gasteiger partial charge in [0.2, 0.25) is 0 Å². The highest BCUT2D eigenvalue weighted by molar-refractivity contribution is 5.46. The second kappa shape index (κ2) is 6.16. The zero-order valence-electron chi connectivity index (χ0n) is 10.9. The number of benzene rings is 1. The van der Waals surface area contributed by atoms with Gasteiger partial charge < -0.3 is 10.5 Å². The molecule has 1 aromatic rings. The monoisotopic (exact) mass is 252 g/mol. The van der Waals surface area contributed by atoms with Gasteiger partial charge in [0.05, 0.1) is 6.10 Å². The van der Waals surface area contributed by atoms with Gasteiger partial charge >= 0.3 is 0 Å². The van der Waals surface area contributed by atoms with Gasteiger partial charge in [-0.2, -0.15) is 0 Å². The van der Waals surface area contributed by atoms with Crippen LogP contribution in [0.4, 0.5) is 10.1 Å². The molecule has 0 amide bonds. The molecule has 1 aromatic carbocycles. The van der Waals surface area contributed by atoms with Gasteiger partial charge in [-0.15, -0.1) is 0 Å². The summed E-state index contributed by atoms with van der Waals surface area (Å²) in [5.41, 5.74) is 7.38. The Morgan fingerprint density at radius 2 is 2.33 bits per heavy atom. The predicted molar refractivity (Wildman–Crippen MR) is 70.7 cm³/mol. The molecule has 0 radical (unpaired) electrons. The van der Waals surface area contributed by atoms with E-state index in [2.05, 4.69) is 11.8 Å². The van der Waals surface area contributed by atoms with E-state index in [-0.39, 0.29) is 5.82 Å². The molecule has 1 atom stereocenters. The van der Waals surface area contributed by atoms with Gasteiger partial charge in [0.25, 0.3) is 0 Å². The van der Waals surface area contributed by atoms with Crippen molar-refractivity contribution in [3.8, 4) is 0 Å². The molecule has 1 fully saturated rings. The maximum Gasteiger partial charge on any atom is 0.125 e. The molecule has 0 aliphatic carbocycles. The number of nitrogen functional groups attached to an aromatic ring is 1. The SMILES string of the molecule is CCC1CN(Cc2ccc(F)cc2N)CCCO1. The first-order chi connectivity index (χ1) is 8.69. The molecule has 1 heterocycles. The summed E-state index contributed by atoms with van der Waals surface area (Å²) in [6.07, 6.45) is 2.36. The zero-order valence-corrected chi connectivity index (χ0v) is 10.9. The largest absolute Gasteiger partial charge is 0.398 e. The predicted octanol–water partition coefficient (Wildman–Crippen LogP) is 2.41. The first-order valence-electron chi connectivity index (χ1n) is 6.57. The molecule has 0 aromatic heterocycles. The second-order valence-corrected chi connectivity index (χ2v) is 4.83. The van der Waals surface area contributed by atoms with E-state index in [4.69, 9.17) is 10.5 Å². The summed E-state index contributed by atoms with van der Waals surface area (Å²) < 4.78 is 18.7. The summed E-state index contributed by atoms with van der Waals surface area (Å²) in [5.74, 6) is -0.276. The van der Waals surface area contributed by atoms with E-state index in [0.717, 1.165) is 44.6 Å².